The highest BCUT2D eigenvalue weighted by molar-refractivity contribution is 6.43. The van der Waals surface area contributed by atoms with E-state index in [1.807, 2.05) is 25.1 Å². The van der Waals surface area contributed by atoms with Gasteiger partial charge in [0.2, 0.25) is 5.95 Å². The third kappa shape index (κ3) is 3.15. The molecular weight excluding hydrogens is 355 g/mol. The largest absolute Gasteiger partial charge is 0.326 e. The molecule has 0 atom stereocenters. The number of benzene rings is 2. The fourth-order valence-electron chi connectivity index (χ4n) is 3.04. The molecular formula is C19H16Cl2N4. The van der Waals surface area contributed by atoms with Gasteiger partial charge in [-0.05, 0) is 37.1 Å². The maximum atomic E-state index is 6.26. The van der Waals surface area contributed by atoms with Crippen molar-refractivity contribution in [3.05, 3.63) is 69.8 Å². The highest BCUT2D eigenvalue weighted by Crippen LogP contribution is 2.35. The number of hydrogen-bond acceptors (Lipinski definition) is 4. The van der Waals surface area contributed by atoms with Gasteiger partial charge in [0.15, 0.2) is 0 Å². The van der Waals surface area contributed by atoms with E-state index < -0.39 is 0 Å². The van der Waals surface area contributed by atoms with Crippen LogP contribution >= 0.6 is 23.2 Å². The lowest BCUT2D eigenvalue weighted by molar-refractivity contribution is 0.959. The Labute approximate surface area is 156 Å². The minimum Gasteiger partial charge on any atom is -0.326 e. The molecule has 0 bridgehead atoms. The highest BCUT2D eigenvalue weighted by atomic mass is 35.5. The normalized spacial score (nSPS) is 13.0. The fraction of sp³-hybridized carbons (Fsp3) is 0.158. The summed E-state index contributed by atoms with van der Waals surface area (Å²) in [6.45, 7) is 2.87. The molecule has 25 heavy (non-hydrogen) atoms. The van der Waals surface area contributed by atoms with Gasteiger partial charge in [-0.1, -0.05) is 47.5 Å². The minimum absolute atomic E-state index is 0.461. The Hall–Kier alpha value is -2.30. The lowest BCUT2D eigenvalue weighted by Crippen LogP contribution is -2.16. The van der Waals surface area contributed by atoms with Crippen LogP contribution in [0, 0.1) is 6.92 Å². The van der Waals surface area contributed by atoms with Crippen LogP contribution in [0.15, 0.2) is 48.5 Å². The number of hydrogen-bond donors (Lipinski definition) is 1. The monoisotopic (exact) mass is 370 g/mol. The summed E-state index contributed by atoms with van der Waals surface area (Å²) in [7, 11) is 0. The number of fused-ring (bicyclic) bond motifs is 1. The summed E-state index contributed by atoms with van der Waals surface area (Å²) >= 11 is 12.3. The molecule has 0 amide bonds. The van der Waals surface area contributed by atoms with Crippen molar-refractivity contribution in [3.8, 4) is 0 Å². The summed E-state index contributed by atoms with van der Waals surface area (Å²) in [5.41, 5.74) is 4.11. The van der Waals surface area contributed by atoms with Crippen LogP contribution in [0.3, 0.4) is 0 Å². The Balaban J connectivity index is 1.69. The Kier molecular flexibility index (Phi) is 4.24. The molecule has 1 aliphatic heterocycles. The van der Waals surface area contributed by atoms with E-state index in [1.165, 1.54) is 11.3 Å². The smallest absolute Gasteiger partial charge is 0.229 e. The van der Waals surface area contributed by atoms with Crippen LogP contribution in [0.1, 0.15) is 11.3 Å². The second-order valence-electron chi connectivity index (χ2n) is 5.95. The molecule has 0 aliphatic carbocycles. The van der Waals surface area contributed by atoms with Crippen molar-refractivity contribution in [2.24, 2.45) is 0 Å². The molecule has 4 nitrogen and oxygen atoms in total. The van der Waals surface area contributed by atoms with Crippen LogP contribution in [0.5, 0.6) is 0 Å². The Bertz CT molecular complexity index is 942. The standard InChI is InChI=1S/C19H16Cl2N4/c1-12-11-17(25-10-9-13-5-2-3-8-16(13)25)24-19(22-12)23-15-7-4-6-14(20)18(15)21/h2-8,11H,9-10H2,1H3,(H,22,23,24). The Morgan fingerprint density at radius 3 is 2.76 bits per heavy atom. The van der Waals surface area contributed by atoms with Gasteiger partial charge in [0.25, 0.3) is 0 Å². The van der Waals surface area contributed by atoms with Gasteiger partial charge in [0.05, 0.1) is 15.7 Å². The topological polar surface area (TPSA) is 41.1 Å². The van der Waals surface area contributed by atoms with E-state index in [0.717, 1.165) is 24.5 Å². The molecule has 6 heteroatoms. The van der Waals surface area contributed by atoms with Crippen molar-refractivity contribution in [2.45, 2.75) is 13.3 Å². The summed E-state index contributed by atoms with van der Waals surface area (Å²) < 4.78 is 0. The van der Waals surface area contributed by atoms with Crippen molar-refractivity contribution in [1.29, 1.82) is 0 Å². The van der Waals surface area contributed by atoms with Gasteiger partial charge in [0, 0.05) is 24.0 Å². The Morgan fingerprint density at radius 2 is 1.88 bits per heavy atom. The number of aromatic nitrogens is 2. The van der Waals surface area contributed by atoms with Gasteiger partial charge in [-0.25, -0.2) is 4.98 Å². The van der Waals surface area contributed by atoms with Crippen molar-refractivity contribution >= 4 is 46.3 Å². The van der Waals surface area contributed by atoms with E-state index in [0.29, 0.717) is 21.7 Å². The molecule has 0 saturated carbocycles. The number of nitrogens with zero attached hydrogens (tertiary/aromatic N) is 3. The molecule has 1 N–H and O–H groups in total. The van der Waals surface area contributed by atoms with Gasteiger partial charge >= 0.3 is 0 Å². The molecule has 0 radical (unpaired) electrons. The number of rotatable bonds is 3. The van der Waals surface area contributed by atoms with E-state index in [1.54, 1.807) is 6.07 Å². The van der Waals surface area contributed by atoms with Crippen LogP contribution in [0.25, 0.3) is 0 Å². The first kappa shape index (κ1) is 16.2. The third-order valence-electron chi connectivity index (χ3n) is 4.20. The average molecular weight is 371 g/mol. The number of nitrogens with one attached hydrogen (secondary N) is 1. The van der Waals surface area contributed by atoms with Crippen molar-refractivity contribution < 1.29 is 0 Å². The summed E-state index contributed by atoms with van der Waals surface area (Å²) in [6.07, 6.45) is 1.02. The van der Waals surface area contributed by atoms with E-state index in [2.05, 4.69) is 44.5 Å². The molecule has 0 spiro atoms. The van der Waals surface area contributed by atoms with Crippen LogP contribution in [-0.2, 0) is 6.42 Å². The molecule has 0 saturated heterocycles. The summed E-state index contributed by atoms with van der Waals surface area (Å²) in [5.74, 6) is 1.38. The van der Waals surface area contributed by atoms with Gasteiger partial charge in [-0.3, -0.25) is 0 Å². The third-order valence-corrected chi connectivity index (χ3v) is 5.02. The number of aryl methyl sites for hydroxylation is 1. The summed E-state index contributed by atoms with van der Waals surface area (Å²) in [6, 6.07) is 15.8. The zero-order valence-electron chi connectivity index (χ0n) is 13.6. The number of anilines is 4. The van der Waals surface area contributed by atoms with Crippen molar-refractivity contribution in [3.63, 3.8) is 0 Å². The maximum absolute atomic E-state index is 6.26. The first-order valence-corrected chi connectivity index (χ1v) is 8.79. The number of para-hydroxylation sites is 1. The molecule has 2 aromatic carbocycles. The molecule has 0 fully saturated rings. The molecule has 0 unspecified atom stereocenters. The molecule has 2 heterocycles. The van der Waals surface area contributed by atoms with E-state index in [9.17, 15) is 0 Å². The second-order valence-corrected chi connectivity index (χ2v) is 6.73. The van der Waals surface area contributed by atoms with E-state index in [-0.39, 0.29) is 0 Å². The van der Waals surface area contributed by atoms with Gasteiger partial charge in [-0.2, -0.15) is 4.98 Å². The minimum atomic E-state index is 0.461. The fourth-order valence-corrected chi connectivity index (χ4v) is 3.39. The van der Waals surface area contributed by atoms with Gasteiger partial charge in [-0.15, -0.1) is 0 Å². The Morgan fingerprint density at radius 1 is 1.04 bits per heavy atom. The lowest BCUT2D eigenvalue weighted by atomic mass is 10.2. The van der Waals surface area contributed by atoms with Crippen molar-refractivity contribution in [1.82, 2.24) is 9.97 Å². The summed E-state index contributed by atoms with van der Waals surface area (Å²) in [4.78, 5) is 11.4. The summed E-state index contributed by atoms with van der Waals surface area (Å²) in [5, 5.41) is 4.13. The molecule has 1 aliphatic rings. The first-order valence-electron chi connectivity index (χ1n) is 8.04. The van der Waals surface area contributed by atoms with E-state index in [4.69, 9.17) is 23.2 Å². The molecule has 4 rings (SSSR count). The van der Waals surface area contributed by atoms with Crippen LogP contribution < -0.4 is 10.2 Å². The lowest BCUT2D eigenvalue weighted by Gasteiger charge is -2.19. The van der Waals surface area contributed by atoms with Crippen LogP contribution in [0.2, 0.25) is 10.0 Å². The number of halogens is 2. The van der Waals surface area contributed by atoms with Crippen LogP contribution in [-0.4, -0.2) is 16.5 Å². The first-order chi connectivity index (χ1) is 12.1. The quantitative estimate of drug-likeness (QED) is 0.657. The zero-order valence-corrected chi connectivity index (χ0v) is 15.1. The second kappa shape index (κ2) is 6.54. The van der Waals surface area contributed by atoms with Gasteiger partial charge < -0.3 is 10.2 Å². The maximum Gasteiger partial charge on any atom is 0.229 e. The van der Waals surface area contributed by atoms with Gasteiger partial charge in [0.1, 0.15) is 5.82 Å². The molecule has 3 aromatic rings. The zero-order chi connectivity index (χ0) is 17.4. The predicted octanol–water partition coefficient (Wildman–Crippen LogP) is 5.53. The average Bonchev–Trinajstić information content (AvgIpc) is 3.03. The van der Waals surface area contributed by atoms with E-state index >= 15 is 0 Å². The van der Waals surface area contributed by atoms with Crippen molar-refractivity contribution in [2.75, 3.05) is 16.8 Å². The SMILES string of the molecule is Cc1cc(N2CCc3ccccc32)nc(Nc2cccc(Cl)c2Cl)n1. The van der Waals surface area contributed by atoms with Crippen LogP contribution in [0.4, 0.5) is 23.1 Å². The molecule has 1 aromatic heterocycles. The molecule has 126 valence electrons. The highest BCUT2D eigenvalue weighted by Gasteiger charge is 2.21. The predicted molar refractivity (Wildman–Crippen MR) is 104 cm³/mol.